The van der Waals surface area contributed by atoms with Crippen LogP contribution >= 0.6 is 15.9 Å². The van der Waals surface area contributed by atoms with E-state index in [1.807, 2.05) is 72.8 Å². The van der Waals surface area contributed by atoms with E-state index in [0.717, 1.165) is 15.6 Å². The van der Waals surface area contributed by atoms with Crippen molar-refractivity contribution < 1.29 is 14.3 Å². The summed E-state index contributed by atoms with van der Waals surface area (Å²) in [6, 6.07) is 23.4. The van der Waals surface area contributed by atoms with Gasteiger partial charge in [0.1, 0.15) is 18.1 Å². The van der Waals surface area contributed by atoms with Crippen LogP contribution in [0.5, 0.6) is 11.5 Å². The third kappa shape index (κ3) is 7.46. The first-order chi connectivity index (χ1) is 15.7. The largest absolute Gasteiger partial charge is 0.488 e. The standard InChI is InChI=1S/C27H29BrN2O3/c1-19(33-24-13-10-22(11-14-24)27(2,3)4)26(31)30-29-17-21-16-23(28)12-15-25(21)32-18-20-8-6-5-7-9-20/h5-17,19H,18H2,1-4H3,(H,30,31)/b29-17+. The Kier molecular flexibility index (Phi) is 8.28. The SMILES string of the molecule is CC(Oc1ccc(C(C)(C)C)cc1)C(=O)N/N=C/c1cc(Br)ccc1OCc1ccccc1. The number of nitrogens with zero attached hydrogens (tertiary/aromatic N) is 1. The molecule has 172 valence electrons. The van der Waals surface area contributed by atoms with Gasteiger partial charge in [-0.1, -0.05) is 79.2 Å². The number of rotatable bonds is 8. The monoisotopic (exact) mass is 508 g/mol. The van der Waals surface area contributed by atoms with E-state index < -0.39 is 6.10 Å². The molecular weight excluding hydrogens is 480 g/mol. The maximum Gasteiger partial charge on any atom is 0.280 e. The van der Waals surface area contributed by atoms with Crippen LogP contribution in [0.25, 0.3) is 0 Å². The van der Waals surface area contributed by atoms with E-state index in [1.165, 1.54) is 5.56 Å². The molecule has 1 amide bonds. The first kappa shape index (κ1) is 24.5. The summed E-state index contributed by atoms with van der Waals surface area (Å²) in [7, 11) is 0. The second-order valence-electron chi connectivity index (χ2n) is 8.73. The summed E-state index contributed by atoms with van der Waals surface area (Å²) >= 11 is 3.47. The Bertz CT molecular complexity index is 1090. The van der Waals surface area contributed by atoms with Crippen LogP contribution in [0.3, 0.4) is 0 Å². The molecule has 0 spiro atoms. The molecule has 0 fully saturated rings. The summed E-state index contributed by atoms with van der Waals surface area (Å²) in [5.41, 5.74) is 5.62. The highest BCUT2D eigenvalue weighted by Gasteiger charge is 2.16. The smallest absolute Gasteiger partial charge is 0.280 e. The lowest BCUT2D eigenvalue weighted by molar-refractivity contribution is -0.127. The van der Waals surface area contributed by atoms with Crippen LogP contribution in [0.1, 0.15) is 44.4 Å². The minimum atomic E-state index is -0.695. The molecule has 0 aliphatic heterocycles. The number of carbonyl (C=O) groups excluding carboxylic acids is 1. The lowest BCUT2D eigenvalue weighted by Crippen LogP contribution is -2.33. The minimum Gasteiger partial charge on any atom is -0.488 e. The Hall–Kier alpha value is -3.12. The van der Waals surface area contributed by atoms with Crippen molar-refractivity contribution in [2.45, 2.75) is 45.8 Å². The number of ether oxygens (including phenoxy) is 2. The molecule has 1 N–H and O–H groups in total. The van der Waals surface area contributed by atoms with E-state index in [1.54, 1.807) is 13.1 Å². The van der Waals surface area contributed by atoms with Crippen LogP contribution < -0.4 is 14.9 Å². The lowest BCUT2D eigenvalue weighted by atomic mass is 9.87. The Morgan fingerprint density at radius 3 is 2.42 bits per heavy atom. The molecule has 0 radical (unpaired) electrons. The number of hydrazone groups is 1. The fourth-order valence-electron chi connectivity index (χ4n) is 3.03. The number of nitrogens with one attached hydrogen (secondary N) is 1. The molecule has 3 rings (SSSR count). The molecule has 0 heterocycles. The molecule has 3 aromatic carbocycles. The van der Waals surface area contributed by atoms with Gasteiger partial charge in [0.15, 0.2) is 6.10 Å². The molecule has 1 atom stereocenters. The molecule has 6 heteroatoms. The zero-order valence-electron chi connectivity index (χ0n) is 19.3. The number of halogens is 1. The highest BCUT2D eigenvalue weighted by atomic mass is 79.9. The normalized spacial score (nSPS) is 12.4. The second-order valence-corrected chi connectivity index (χ2v) is 9.64. The van der Waals surface area contributed by atoms with E-state index >= 15 is 0 Å². The molecular formula is C27H29BrN2O3. The van der Waals surface area contributed by atoms with Gasteiger partial charge in [-0.05, 0) is 53.8 Å². The minimum absolute atomic E-state index is 0.0618. The van der Waals surface area contributed by atoms with E-state index in [0.29, 0.717) is 18.1 Å². The first-order valence-electron chi connectivity index (χ1n) is 10.8. The van der Waals surface area contributed by atoms with E-state index in [9.17, 15) is 4.79 Å². The van der Waals surface area contributed by atoms with Crippen molar-refractivity contribution in [1.29, 1.82) is 0 Å². The Morgan fingerprint density at radius 2 is 1.76 bits per heavy atom. The van der Waals surface area contributed by atoms with Crippen LogP contribution in [-0.2, 0) is 16.8 Å². The van der Waals surface area contributed by atoms with Gasteiger partial charge in [0.25, 0.3) is 5.91 Å². The average molecular weight is 509 g/mol. The highest BCUT2D eigenvalue weighted by Crippen LogP contribution is 2.25. The predicted octanol–water partition coefficient (Wildman–Crippen LogP) is 6.24. The summed E-state index contributed by atoms with van der Waals surface area (Å²) in [6.07, 6.45) is 0.868. The second kappa shape index (κ2) is 11.1. The van der Waals surface area contributed by atoms with Crippen LogP contribution in [0, 0.1) is 0 Å². The topological polar surface area (TPSA) is 59.9 Å². The zero-order valence-corrected chi connectivity index (χ0v) is 20.9. The number of benzene rings is 3. The molecule has 0 saturated carbocycles. The van der Waals surface area contributed by atoms with Gasteiger partial charge in [-0.2, -0.15) is 5.10 Å². The third-order valence-electron chi connectivity index (χ3n) is 4.99. The molecule has 1 unspecified atom stereocenters. The number of hydrogen-bond donors (Lipinski definition) is 1. The third-order valence-corrected chi connectivity index (χ3v) is 5.48. The van der Waals surface area contributed by atoms with Crippen LogP contribution in [0.15, 0.2) is 82.4 Å². The fourth-order valence-corrected chi connectivity index (χ4v) is 3.41. The summed E-state index contributed by atoms with van der Waals surface area (Å²) in [4.78, 5) is 12.4. The van der Waals surface area contributed by atoms with Gasteiger partial charge in [-0.15, -0.1) is 0 Å². The maximum absolute atomic E-state index is 12.4. The van der Waals surface area contributed by atoms with Crippen LogP contribution in [0.2, 0.25) is 0 Å². The Balaban J connectivity index is 1.58. The molecule has 0 aliphatic carbocycles. The number of carbonyl (C=O) groups is 1. The van der Waals surface area contributed by atoms with Crippen molar-refractivity contribution >= 4 is 28.1 Å². The first-order valence-corrected chi connectivity index (χ1v) is 11.6. The molecule has 0 aromatic heterocycles. The van der Waals surface area contributed by atoms with Crippen molar-refractivity contribution in [3.05, 3.63) is 94.0 Å². The molecule has 3 aromatic rings. The Labute approximate surface area is 204 Å². The van der Waals surface area contributed by atoms with Crippen molar-refractivity contribution in [3.8, 4) is 11.5 Å². The van der Waals surface area contributed by atoms with Crippen molar-refractivity contribution in [1.82, 2.24) is 5.43 Å². The Morgan fingerprint density at radius 1 is 1.06 bits per heavy atom. The van der Waals surface area contributed by atoms with Crippen molar-refractivity contribution in [2.24, 2.45) is 5.10 Å². The van der Waals surface area contributed by atoms with Gasteiger partial charge in [-0.3, -0.25) is 4.79 Å². The summed E-state index contributed by atoms with van der Waals surface area (Å²) in [5, 5.41) is 4.10. The summed E-state index contributed by atoms with van der Waals surface area (Å²) < 4.78 is 12.6. The summed E-state index contributed by atoms with van der Waals surface area (Å²) in [5.74, 6) is 0.967. The van der Waals surface area contributed by atoms with Gasteiger partial charge in [0, 0.05) is 10.0 Å². The molecule has 0 aliphatic rings. The van der Waals surface area contributed by atoms with Gasteiger partial charge in [-0.25, -0.2) is 5.43 Å². The molecule has 5 nitrogen and oxygen atoms in total. The van der Waals surface area contributed by atoms with E-state index in [-0.39, 0.29) is 11.3 Å². The van der Waals surface area contributed by atoms with Crippen molar-refractivity contribution in [2.75, 3.05) is 0 Å². The molecule has 0 saturated heterocycles. The molecule has 33 heavy (non-hydrogen) atoms. The van der Waals surface area contributed by atoms with Gasteiger partial charge >= 0.3 is 0 Å². The van der Waals surface area contributed by atoms with Gasteiger partial charge in [0.2, 0.25) is 0 Å². The number of amides is 1. The van der Waals surface area contributed by atoms with E-state index in [2.05, 4.69) is 47.2 Å². The van der Waals surface area contributed by atoms with E-state index in [4.69, 9.17) is 9.47 Å². The number of hydrogen-bond acceptors (Lipinski definition) is 4. The van der Waals surface area contributed by atoms with Crippen LogP contribution in [0.4, 0.5) is 0 Å². The van der Waals surface area contributed by atoms with Crippen molar-refractivity contribution in [3.63, 3.8) is 0 Å². The highest BCUT2D eigenvalue weighted by molar-refractivity contribution is 9.10. The van der Waals surface area contributed by atoms with Gasteiger partial charge in [0.05, 0.1) is 6.21 Å². The maximum atomic E-state index is 12.4. The molecule has 0 bridgehead atoms. The average Bonchev–Trinajstić information content (AvgIpc) is 2.79. The lowest BCUT2D eigenvalue weighted by Gasteiger charge is -2.20. The zero-order chi connectivity index (χ0) is 23.8. The van der Waals surface area contributed by atoms with Crippen LogP contribution in [-0.4, -0.2) is 18.2 Å². The quantitative estimate of drug-likeness (QED) is 0.289. The summed E-state index contributed by atoms with van der Waals surface area (Å²) in [6.45, 7) is 8.59. The fraction of sp³-hybridized carbons (Fsp3) is 0.259. The van der Waals surface area contributed by atoms with Gasteiger partial charge < -0.3 is 9.47 Å². The predicted molar refractivity (Wildman–Crippen MR) is 136 cm³/mol.